The summed E-state index contributed by atoms with van der Waals surface area (Å²) in [4.78, 5) is 36.3. The molecule has 1 atom stereocenters. The second-order valence-electron chi connectivity index (χ2n) is 8.53. The van der Waals surface area contributed by atoms with Crippen molar-refractivity contribution in [1.82, 2.24) is 10.6 Å². The van der Waals surface area contributed by atoms with Gasteiger partial charge in [0, 0.05) is 19.1 Å². The zero-order chi connectivity index (χ0) is 24.0. The van der Waals surface area contributed by atoms with Gasteiger partial charge >= 0.3 is 12.1 Å². The molecule has 8 heteroatoms. The van der Waals surface area contributed by atoms with E-state index in [0.29, 0.717) is 6.61 Å². The average molecular weight is 455 g/mol. The van der Waals surface area contributed by atoms with Crippen molar-refractivity contribution in [2.24, 2.45) is 0 Å². The lowest BCUT2D eigenvalue weighted by atomic mass is 9.98. The van der Waals surface area contributed by atoms with Crippen LogP contribution in [0.15, 0.2) is 48.5 Å². The van der Waals surface area contributed by atoms with Crippen LogP contribution in [0, 0.1) is 0 Å². The van der Waals surface area contributed by atoms with Crippen LogP contribution in [0.4, 0.5) is 4.79 Å². The van der Waals surface area contributed by atoms with Gasteiger partial charge in [-0.1, -0.05) is 48.5 Å². The van der Waals surface area contributed by atoms with Crippen molar-refractivity contribution in [3.63, 3.8) is 0 Å². The number of rotatable bonds is 10. The first kappa shape index (κ1) is 24.3. The molecule has 3 rings (SSSR count). The van der Waals surface area contributed by atoms with Crippen LogP contribution in [-0.4, -0.2) is 54.5 Å². The molecule has 2 amide bonds. The summed E-state index contributed by atoms with van der Waals surface area (Å²) < 4.78 is 11.0. The van der Waals surface area contributed by atoms with Gasteiger partial charge in [-0.25, -0.2) is 4.79 Å². The van der Waals surface area contributed by atoms with E-state index in [4.69, 9.17) is 9.47 Å². The number of carbonyl (C=O) groups excluding carboxylic acids is 2. The molecule has 0 saturated heterocycles. The van der Waals surface area contributed by atoms with E-state index < -0.39 is 36.0 Å². The number of carboxylic acids is 1. The van der Waals surface area contributed by atoms with Crippen LogP contribution in [0.1, 0.15) is 44.2 Å². The summed E-state index contributed by atoms with van der Waals surface area (Å²) in [7, 11) is 0. The fraction of sp³-hybridized carbons (Fsp3) is 0.400. The lowest BCUT2D eigenvalue weighted by molar-refractivity contribution is -0.140. The number of ether oxygens (including phenoxy) is 2. The van der Waals surface area contributed by atoms with E-state index in [2.05, 4.69) is 10.6 Å². The highest BCUT2D eigenvalue weighted by atomic mass is 16.5. The van der Waals surface area contributed by atoms with Crippen LogP contribution in [0.25, 0.3) is 11.1 Å². The third-order valence-electron chi connectivity index (χ3n) is 5.55. The number of nitrogens with one attached hydrogen (secondary N) is 2. The van der Waals surface area contributed by atoms with Gasteiger partial charge in [0.2, 0.25) is 5.91 Å². The number of hydrogen-bond acceptors (Lipinski definition) is 5. The standard InChI is InChI=1S/C25H30N2O6/c1-4-33-25(2,3)15-26-23(30)21(13-22(28)29)27-24(31)32-14-20-18-11-7-5-9-16(18)17-10-6-8-12-19(17)20/h5-12,20-21H,4,13-15H2,1-3H3,(H,26,30)(H,27,31)(H,28,29). The van der Waals surface area contributed by atoms with E-state index in [1.807, 2.05) is 69.3 Å². The molecule has 0 radical (unpaired) electrons. The van der Waals surface area contributed by atoms with Crippen LogP contribution in [0.5, 0.6) is 0 Å². The molecule has 176 valence electrons. The minimum atomic E-state index is -1.27. The predicted octanol–water partition coefficient (Wildman–Crippen LogP) is 3.30. The van der Waals surface area contributed by atoms with Crippen LogP contribution in [0.2, 0.25) is 0 Å². The Kier molecular flexibility index (Phi) is 7.71. The fourth-order valence-corrected chi connectivity index (χ4v) is 4.03. The molecule has 0 aliphatic heterocycles. The van der Waals surface area contributed by atoms with Crippen LogP contribution >= 0.6 is 0 Å². The molecule has 2 aromatic rings. The second-order valence-corrected chi connectivity index (χ2v) is 8.53. The number of carboxylic acid groups (broad SMARTS) is 1. The maximum Gasteiger partial charge on any atom is 0.407 e. The largest absolute Gasteiger partial charge is 0.481 e. The van der Waals surface area contributed by atoms with Crippen LogP contribution < -0.4 is 10.6 Å². The molecule has 1 unspecified atom stereocenters. The molecule has 1 aliphatic rings. The first-order chi connectivity index (χ1) is 15.7. The highest BCUT2D eigenvalue weighted by Gasteiger charge is 2.30. The highest BCUT2D eigenvalue weighted by molar-refractivity contribution is 5.89. The van der Waals surface area contributed by atoms with E-state index in [-0.39, 0.29) is 19.1 Å². The van der Waals surface area contributed by atoms with E-state index >= 15 is 0 Å². The van der Waals surface area contributed by atoms with Crippen LogP contribution in [-0.2, 0) is 19.1 Å². The van der Waals surface area contributed by atoms with Gasteiger partial charge in [0.25, 0.3) is 0 Å². The molecule has 0 bridgehead atoms. The molecule has 3 N–H and O–H groups in total. The Morgan fingerprint density at radius 2 is 1.61 bits per heavy atom. The van der Waals surface area contributed by atoms with Crippen molar-refractivity contribution >= 4 is 18.0 Å². The molecule has 0 spiro atoms. The third-order valence-corrected chi connectivity index (χ3v) is 5.55. The van der Waals surface area contributed by atoms with E-state index in [1.165, 1.54) is 0 Å². The molecular weight excluding hydrogens is 424 g/mol. The van der Waals surface area contributed by atoms with E-state index in [1.54, 1.807) is 0 Å². The van der Waals surface area contributed by atoms with Gasteiger partial charge in [-0.3, -0.25) is 9.59 Å². The van der Waals surface area contributed by atoms with Gasteiger partial charge in [0.1, 0.15) is 12.6 Å². The maximum atomic E-state index is 12.6. The van der Waals surface area contributed by atoms with Crippen molar-refractivity contribution in [1.29, 1.82) is 0 Å². The Morgan fingerprint density at radius 1 is 1.03 bits per heavy atom. The number of fused-ring (bicyclic) bond motifs is 3. The molecule has 1 aliphatic carbocycles. The minimum absolute atomic E-state index is 0.0681. The number of amides is 2. The van der Waals surface area contributed by atoms with Gasteiger partial charge < -0.3 is 25.2 Å². The van der Waals surface area contributed by atoms with E-state index in [9.17, 15) is 19.5 Å². The highest BCUT2D eigenvalue weighted by Crippen LogP contribution is 2.44. The van der Waals surface area contributed by atoms with Crippen molar-refractivity contribution < 1.29 is 29.0 Å². The number of aliphatic carboxylic acids is 1. The molecule has 8 nitrogen and oxygen atoms in total. The van der Waals surface area contributed by atoms with Gasteiger partial charge in [-0.2, -0.15) is 0 Å². The summed E-state index contributed by atoms with van der Waals surface area (Å²) in [6.07, 6.45) is -1.41. The molecule has 2 aromatic carbocycles. The Balaban J connectivity index is 1.63. The molecule has 0 heterocycles. The molecule has 0 aromatic heterocycles. The first-order valence-corrected chi connectivity index (χ1v) is 11.0. The number of benzene rings is 2. The average Bonchev–Trinajstić information content (AvgIpc) is 3.09. The van der Waals surface area contributed by atoms with Gasteiger partial charge in [0.15, 0.2) is 0 Å². The van der Waals surface area contributed by atoms with Crippen molar-refractivity contribution in [3.05, 3.63) is 59.7 Å². The van der Waals surface area contributed by atoms with Crippen LogP contribution in [0.3, 0.4) is 0 Å². The summed E-state index contributed by atoms with van der Waals surface area (Å²) in [5.74, 6) is -1.96. The van der Waals surface area contributed by atoms with Gasteiger partial charge in [0.05, 0.1) is 12.0 Å². The Labute approximate surface area is 193 Å². The predicted molar refractivity (Wildman–Crippen MR) is 123 cm³/mol. The third kappa shape index (κ3) is 6.10. The smallest absolute Gasteiger partial charge is 0.407 e. The topological polar surface area (TPSA) is 114 Å². The SMILES string of the molecule is CCOC(C)(C)CNC(=O)C(CC(=O)O)NC(=O)OCC1c2ccccc2-c2ccccc21. The summed E-state index contributed by atoms with van der Waals surface area (Å²) in [5.41, 5.74) is 3.69. The first-order valence-electron chi connectivity index (χ1n) is 11.0. The number of hydrogen-bond donors (Lipinski definition) is 3. The van der Waals surface area contributed by atoms with E-state index in [0.717, 1.165) is 22.3 Å². The molecule has 33 heavy (non-hydrogen) atoms. The Bertz CT molecular complexity index is 974. The molecular formula is C25H30N2O6. The normalized spacial score (nSPS) is 13.5. The lowest BCUT2D eigenvalue weighted by Gasteiger charge is -2.26. The Morgan fingerprint density at radius 3 is 2.15 bits per heavy atom. The molecule has 0 fully saturated rings. The minimum Gasteiger partial charge on any atom is -0.481 e. The summed E-state index contributed by atoms with van der Waals surface area (Å²) in [6.45, 7) is 6.17. The summed E-state index contributed by atoms with van der Waals surface area (Å²) in [5, 5.41) is 14.2. The zero-order valence-electron chi connectivity index (χ0n) is 19.1. The van der Waals surface area contributed by atoms with Gasteiger partial charge in [-0.05, 0) is 43.0 Å². The number of carbonyl (C=O) groups is 3. The number of alkyl carbamates (subject to hydrolysis) is 1. The molecule has 0 saturated carbocycles. The summed E-state index contributed by atoms with van der Waals surface area (Å²) in [6, 6.07) is 14.6. The zero-order valence-corrected chi connectivity index (χ0v) is 19.1. The Hall–Kier alpha value is -3.39. The maximum absolute atomic E-state index is 12.6. The lowest BCUT2D eigenvalue weighted by Crippen LogP contribution is -2.51. The fourth-order valence-electron chi connectivity index (χ4n) is 4.03. The van der Waals surface area contributed by atoms with Crippen molar-refractivity contribution in [3.8, 4) is 11.1 Å². The van der Waals surface area contributed by atoms with Crippen molar-refractivity contribution in [2.45, 2.75) is 44.8 Å². The quantitative estimate of drug-likeness (QED) is 0.508. The van der Waals surface area contributed by atoms with Crippen molar-refractivity contribution in [2.75, 3.05) is 19.8 Å². The summed E-state index contributed by atoms with van der Waals surface area (Å²) >= 11 is 0. The van der Waals surface area contributed by atoms with Gasteiger partial charge in [-0.15, -0.1) is 0 Å². The second kappa shape index (κ2) is 10.5. The monoisotopic (exact) mass is 454 g/mol.